The van der Waals surface area contributed by atoms with E-state index in [2.05, 4.69) is 24.1 Å². The van der Waals surface area contributed by atoms with Gasteiger partial charge in [-0.1, -0.05) is 44.2 Å². The zero-order valence-corrected chi connectivity index (χ0v) is 14.0. The van der Waals surface area contributed by atoms with Crippen molar-refractivity contribution in [3.05, 3.63) is 35.9 Å². The Morgan fingerprint density at radius 2 is 2.09 bits per heavy atom. The van der Waals surface area contributed by atoms with Crippen molar-refractivity contribution >= 4 is 11.7 Å². The molecular weight excluding hydrogens is 286 g/mol. The van der Waals surface area contributed by atoms with Gasteiger partial charge in [-0.15, -0.1) is 0 Å². The normalized spacial score (nSPS) is 33.3. The molecule has 1 saturated heterocycles. The standard InChI is InChI=1S/C19H25N3O/c1-13(2)10-22-11-15-8-9-19(16(15)12-22)18(23)20-17(21-19)14-6-4-3-5-7-14/h3-7,13,15-16H,8-12H2,1-2H3,(H,20,21,23)/t15-,16+,19-/m1/s1. The van der Waals surface area contributed by atoms with Gasteiger partial charge in [-0.05, 0) is 24.7 Å². The second kappa shape index (κ2) is 5.45. The Bertz CT molecular complexity index is 639. The molecule has 4 heteroatoms. The van der Waals surface area contributed by atoms with Gasteiger partial charge in [0, 0.05) is 31.1 Å². The van der Waals surface area contributed by atoms with Crippen LogP contribution in [-0.2, 0) is 4.79 Å². The van der Waals surface area contributed by atoms with Crippen LogP contribution >= 0.6 is 0 Å². The molecule has 2 heterocycles. The van der Waals surface area contributed by atoms with Crippen molar-refractivity contribution in [2.24, 2.45) is 22.7 Å². The van der Waals surface area contributed by atoms with Crippen molar-refractivity contribution in [1.29, 1.82) is 0 Å². The number of benzene rings is 1. The monoisotopic (exact) mass is 311 g/mol. The lowest BCUT2D eigenvalue weighted by molar-refractivity contribution is -0.125. The van der Waals surface area contributed by atoms with E-state index in [0.717, 1.165) is 43.9 Å². The lowest BCUT2D eigenvalue weighted by Crippen LogP contribution is -2.45. The highest BCUT2D eigenvalue weighted by atomic mass is 16.2. The maximum Gasteiger partial charge on any atom is 0.253 e. The van der Waals surface area contributed by atoms with Crippen molar-refractivity contribution < 1.29 is 4.79 Å². The van der Waals surface area contributed by atoms with Crippen LogP contribution in [0.25, 0.3) is 0 Å². The number of aliphatic imine (C=N–C) groups is 1. The second-order valence-electron chi connectivity index (χ2n) is 7.72. The van der Waals surface area contributed by atoms with E-state index in [1.807, 2.05) is 30.3 Å². The number of amidine groups is 1. The third-order valence-corrected chi connectivity index (χ3v) is 5.63. The number of nitrogens with one attached hydrogen (secondary N) is 1. The molecule has 122 valence electrons. The number of hydrogen-bond acceptors (Lipinski definition) is 3. The number of amides is 1. The molecule has 4 rings (SSSR count). The summed E-state index contributed by atoms with van der Waals surface area (Å²) in [6.07, 6.45) is 2.03. The van der Waals surface area contributed by atoms with E-state index in [9.17, 15) is 4.79 Å². The molecule has 0 aromatic heterocycles. The van der Waals surface area contributed by atoms with Crippen molar-refractivity contribution in [1.82, 2.24) is 10.2 Å². The summed E-state index contributed by atoms with van der Waals surface area (Å²) in [6, 6.07) is 10.0. The molecule has 4 nitrogen and oxygen atoms in total. The van der Waals surface area contributed by atoms with E-state index in [1.165, 1.54) is 0 Å². The van der Waals surface area contributed by atoms with Crippen molar-refractivity contribution in [2.45, 2.75) is 32.2 Å². The predicted octanol–water partition coefficient (Wildman–Crippen LogP) is 2.30. The van der Waals surface area contributed by atoms with Crippen LogP contribution in [0.15, 0.2) is 35.3 Å². The smallest absolute Gasteiger partial charge is 0.253 e. The number of rotatable bonds is 3. The lowest BCUT2D eigenvalue weighted by atomic mass is 9.85. The molecule has 0 unspecified atom stereocenters. The van der Waals surface area contributed by atoms with Crippen LogP contribution < -0.4 is 5.32 Å². The number of hydrogen-bond donors (Lipinski definition) is 1. The van der Waals surface area contributed by atoms with Gasteiger partial charge in [-0.25, -0.2) is 0 Å². The first-order valence-corrected chi connectivity index (χ1v) is 8.77. The fraction of sp³-hybridized carbons (Fsp3) is 0.579. The van der Waals surface area contributed by atoms with E-state index in [0.29, 0.717) is 17.8 Å². The Hall–Kier alpha value is -1.68. The number of nitrogens with zero attached hydrogens (tertiary/aromatic N) is 2. The minimum Gasteiger partial charge on any atom is -0.308 e. The molecule has 23 heavy (non-hydrogen) atoms. The van der Waals surface area contributed by atoms with Gasteiger partial charge < -0.3 is 10.2 Å². The zero-order valence-electron chi connectivity index (χ0n) is 14.0. The first-order chi connectivity index (χ1) is 11.1. The zero-order chi connectivity index (χ0) is 16.0. The Kier molecular flexibility index (Phi) is 3.52. The Morgan fingerprint density at radius 3 is 2.83 bits per heavy atom. The van der Waals surface area contributed by atoms with Crippen LogP contribution in [0.2, 0.25) is 0 Å². The predicted molar refractivity (Wildman–Crippen MR) is 91.3 cm³/mol. The van der Waals surface area contributed by atoms with E-state index < -0.39 is 5.54 Å². The van der Waals surface area contributed by atoms with Crippen LogP contribution in [0.1, 0.15) is 32.3 Å². The van der Waals surface area contributed by atoms with Gasteiger partial charge in [0.1, 0.15) is 11.4 Å². The summed E-state index contributed by atoms with van der Waals surface area (Å²) in [6.45, 7) is 7.80. The summed E-state index contributed by atoms with van der Waals surface area (Å²) in [5.74, 6) is 2.56. The van der Waals surface area contributed by atoms with Crippen LogP contribution in [0.3, 0.4) is 0 Å². The minimum absolute atomic E-state index is 0.121. The second-order valence-corrected chi connectivity index (χ2v) is 7.72. The maximum absolute atomic E-state index is 12.8. The molecule has 1 aromatic carbocycles. The largest absolute Gasteiger partial charge is 0.308 e. The van der Waals surface area contributed by atoms with Gasteiger partial charge in [0.05, 0.1) is 0 Å². The summed E-state index contributed by atoms with van der Waals surface area (Å²) in [5.41, 5.74) is 0.500. The van der Waals surface area contributed by atoms with Crippen LogP contribution in [0.5, 0.6) is 0 Å². The van der Waals surface area contributed by atoms with Gasteiger partial charge in [-0.3, -0.25) is 9.79 Å². The van der Waals surface area contributed by atoms with E-state index in [1.54, 1.807) is 0 Å². The molecule has 1 aromatic rings. The van der Waals surface area contributed by atoms with E-state index >= 15 is 0 Å². The number of likely N-dealkylation sites (tertiary alicyclic amines) is 1. The van der Waals surface area contributed by atoms with E-state index in [-0.39, 0.29) is 5.91 Å². The number of carbonyl (C=O) groups is 1. The Balaban J connectivity index is 1.61. The van der Waals surface area contributed by atoms with Crippen LogP contribution in [0.4, 0.5) is 0 Å². The van der Waals surface area contributed by atoms with Gasteiger partial charge >= 0.3 is 0 Å². The van der Waals surface area contributed by atoms with Crippen molar-refractivity contribution in [2.75, 3.05) is 19.6 Å². The topological polar surface area (TPSA) is 44.7 Å². The van der Waals surface area contributed by atoms with Gasteiger partial charge in [0.25, 0.3) is 5.91 Å². The summed E-state index contributed by atoms with van der Waals surface area (Å²) in [5, 5.41) is 3.06. The fourth-order valence-corrected chi connectivity index (χ4v) is 4.70. The molecule has 1 aliphatic carbocycles. The average Bonchev–Trinajstić information content (AvgIpc) is 3.16. The lowest BCUT2D eigenvalue weighted by Gasteiger charge is -2.26. The molecule has 1 amide bonds. The highest BCUT2D eigenvalue weighted by Crippen LogP contribution is 2.49. The Morgan fingerprint density at radius 1 is 1.30 bits per heavy atom. The SMILES string of the molecule is CC(C)CN1C[C@H]2CC[C@@]3(N=C(c4ccccc4)NC3=O)[C@H]2C1. The molecule has 2 fully saturated rings. The van der Waals surface area contributed by atoms with Gasteiger partial charge in [0.15, 0.2) is 0 Å². The van der Waals surface area contributed by atoms with Crippen LogP contribution in [0, 0.1) is 17.8 Å². The van der Waals surface area contributed by atoms with Gasteiger partial charge in [0.2, 0.25) is 0 Å². The van der Waals surface area contributed by atoms with Crippen molar-refractivity contribution in [3.8, 4) is 0 Å². The highest BCUT2D eigenvalue weighted by Gasteiger charge is 2.59. The van der Waals surface area contributed by atoms with Gasteiger partial charge in [-0.2, -0.15) is 0 Å². The molecule has 1 spiro atoms. The first-order valence-electron chi connectivity index (χ1n) is 8.77. The average molecular weight is 311 g/mol. The molecule has 3 aliphatic rings. The summed E-state index contributed by atoms with van der Waals surface area (Å²) in [4.78, 5) is 20.3. The molecular formula is C19H25N3O. The molecule has 1 N–H and O–H groups in total. The maximum atomic E-state index is 12.8. The molecule has 2 aliphatic heterocycles. The van der Waals surface area contributed by atoms with Crippen molar-refractivity contribution in [3.63, 3.8) is 0 Å². The summed E-state index contributed by atoms with van der Waals surface area (Å²) in [7, 11) is 0. The molecule has 0 bridgehead atoms. The number of carbonyl (C=O) groups excluding carboxylic acids is 1. The summed E-state index contributed by atoms with van der Waals surface area (Å²) >= 11 is 0. The molecule has 3 atom stereocenters. The first kappa shape index (κ1) is 14.9. The quantitative estimate of drug-likeness (QED) is 0.931. The highest BCUT2D eigenvalue weighted by molar-refractivity contribution is 6.15. The fourth-order valence-electron chi connectivity index (χ4n) is 4.70. The Labute approximate surface area is 138 Å². The van der Waals surface area contributed by atoms with E-state index in [4.69, 9.17) is 4.99 Å². The molecule has 0 radical (unpaired) electrons. The summed E-state index contributed by atoms with van der Waals surface area (Å²) < 4.78 is 0. The van der Waals surface area contributed by atoms with Crippen LogP contribution in [-0.4, -0.2) is 41.8 Å². The number of fused-ring (bicyclic) bond motifs is 2. The molecule has 1 saturated carbocycles. The third kappa shape index (κ3) is 2.40. The third-order valence-electron chi connectivity index (χ3n) is 5.63. The minimum atomic E-state index is -0.512.